The fourth-order valence-electron chi connectivity index (χ4n) is 4.99. The summed E-state index contributed by atoms with van der Waals surface area (Å²) in [6, 6.07) is 26.1. The summed E-state index contributed by atoms with van der Waals surface area (Å²) in [5, 5.41) is 3.92. The van der Waals surface area contributed by atoms with Crippen LogP contribution in [0.1, 0.15) is 27.7 Å². The lowest BCUT2D eigenvalue weighted by Gasteiger charge is -2.32. The van der Waals surface area contributed by atoms with Crippen molar-refractivity contribution < 1.29 is 9.31 Å². The summed E-state index contributed by atoms with van der Waals surface area (Å²) in [7, 11) is -0.363. The first-order valence-corrected chi connectivity index (χ1v) is 13.3. The van der Waals surface area contributed by atoms with Crippen LogP contribution in [-0.2, 0) is 9.31 Å². The van der Waals surface area contributed by atoms with Crippen LogP contribution < -0.4 is 5.46 Å². The van der Waals surface area contributed by atoms with Crippen molar-refractivity contribution in [2.75, 3.05) is 0 Å². The predicted octanol–water partition coefficient (Wildman–Crippen LogP) is 7.51. The van der Waals surface area contributed by atoms with Gasteiger partial charge in [0.2, 0.25) is 0 Å². The lowest BCUT2D eigenvalue weighted by molar-refractivity contribution is 0.00578. The minimum absolute atomic E-state index is 0.355. The Morgan fingerprint density at radius 3 is 2.24 bits per heavy atom. The number of para-hydroxylation sites is 2. The van der Waals surface area contributed by atoms with Crippen molar-refractivity contribution in [1.29, 1.82) is 0 Å². The van der Waals surface area contributed by atoms with Gasteiger partial charge in [0.1, 0.15) is 0 Å². The third kappa shape index (κ3) is 2.77. The number of nitrogens with zero attached hydrogens (tertiary/aromatic N) is 1. The van der Waals surface area contributed by atoms with Gasteiger partial charge in [-0.1, -0.05) is 48.5 Å². The maximum Gasteiger partial charge on any atom is 0.494 e. The fraction of sp³-hybridized carbons (Fsp3) is 0.214. The average Bonchev–Trinajstić information content (AvgIpc) is 3.50. The zero-order valence-electron chi connectivity index (χ0n) is 19.6. The van der Waals surface area contributed by atoms with Crippen molar-refractivity contribution in [1.82, 2.24) is 4.57 Å². The van der Waals surface area contributed by atoms with Gasteiger partial charge in [-0.15, -0.1) is 22.7 Å². The van der Waals surface area contributed by atoms with E-state index in [1.165, 1.54) is 46.3 Å². The molecule has 0 aliphatic carbocycles. The first-order chi connectivity index (χ1) is 16.3. The molecule has 0 radical (unpaired) electrons. The Balaban J connectivity index is 1.53. The molecule has 3 aromatic heterocycles. The van der Waals surface area contributed by atoms with Crippen LogP contribution in [0.15, 0.2) is 72.8 Å². The van der Waals surface area contributed by atoms with Crippen LogP contribution in [0.4, 0.5) is 0 Å². The third-order valence-corrected chi connectivity index (χ3v) is 9.95. The topological polar surface area (TPSA) is 23.4 Å². The molecule has 0 N–H and O–H groups in total. The van der Waals surface area contributed by atoms with Gasteiger partial charge < -0.3 is 13.9 Å². The molecule has 6 heteroatoms. The predicted molar refractivity (Wildman–Crippen MR) is 147 cm³/mol. The van der Waals surface area contributed by atoms with E-state index in [4.69, 9.17) is 9.31 Å². The number of aromatic nitrogens is 1. The molecule has 0 atom stereocenters. The van der Waals surface area contributed by atoms with Crippen molar-refractivity contribution in [2.45, 2.75) is 38.9 Å². The monoisotopic (exact) mass is 481 g/mol. The first kappa shape index (κ1) is 20.7. The van der Waals surface area contributed by atoms with Gasteiger partial charge in [-0.25, -0.2) is 0 Å². The molecule has 4 heterocycles. The van der Waals surface area contributed by atoms with Crippen molar-refractivity contribution in [3.63, 3.8) is 0 Å². The highest BCUT2D eigenvalue weighted by Crippen LogP contribution is 2.48. The van der Waals surface area contributed by atoms with E-state index in [0.29, 0.717) is 0 Å². The highest BCUT2D eigenvalue weighted by Gasteiger charge is 2.51. The summed E-state index contributed by atoms with van der Waals surface area (Å²) in [5.74, 6) is 0. The van der Waals surface area contributed by atoms with Gasteiger partial charge in [0, 0.05) is 26.5 Å². The second-order valence-corrected chi connectivity index (χ2v) is 12.4. The van der Waals surface area contributed by atoms with Gasteiger partial charge in [-0.3, -0.25) is 0 Å². The maximum atomic E-state index is 6.38. The van der Waals surface area contributed by atoms with E-state index < -0.39 is 0 Å². The van der Waals surface area contributed by atoms with E-state index in [1.807, 2.05) is 22.7 Å². The van der Waals surface area contributed by atoms with E-state index in [0.717, 1.165) is 5.46 Å². The van der Waals surface area contributed by atoms with Gasteiger partial charge in [-0.2, -0.15) is 0 Å². The number of rotatable bonds is 2. The van der Waals surface area contributed by atoms with Gasteiger partial charge in [0.05, 0.1) is 30.9 Å². The first-order valence-electron chi connectivity index (χ1n) is 11.6. The van der Waals surface area contributed by atoms with Crippen molar-refractivity contribution in [3.05, 3.63) is 72.8 Å². The molecule has 34 heavy (non-hydrogen) atoms. The fourth-order valence-corrected chi connectivity index (χ4v) is 7.66. The van der Waals surface area contributed by atoms with Crippen LogP contribution in [-0.4, -0.2) is 22.9 Å². The molecular formula is C28H24BNO2S2. The van der Waals surface area contributed by atoms with E-state index in [9.17, 15) is 0 Å². The van der Waals surface area contributed by atoms with E-state index in [2.05, 4.69) is 105 Å². The molecule has 0 saturated carbocycles. The summed E-state index contributed by atoms with van der Waals surface area (Å²) in [6.07, 6.45) is 0. The highest BCUT2D eigenvalue weighted by atomic mass is 32.2. The van der Waals surface area contributed by atoms with Gasteiger partial charge in [0.25, 0.3) is 0 Å². The lowest BCUT2D eigenvalue weighted by Crippen LogP contribution is -2.41. The molecule has 3 nitrogen and oxygen atoms in total. The zero-order valence-corrected chi connectivity index (χ0v) is 21.2. The van der Waals surface area contributed by atoms with Gasteiger partial charge >= 0.3 is 7.12 Å². The Morgan fingerprint density at radius 1 is 0.765 bits per heavy atom. The van der Waals surface area contributed by atoms with Crippen LogP contribution in [0.25, 0.3) is 46.3 Å². The minimum atomic E-state index is -0.363. The maximum absolute atomic E-state index is 6.38. The van der Waals surface area contributed by atoms with Crippen LogP contribution in [0, 0.1) is 0 Å². The lowest BCUT2D eigenvalue weighted by atomic mass is 9.78. The number of fused-ring (bicyclic) bond motifs is 7. The molecule has 1 saturated heterocycles. The number of benzene rings is 3. The van der Waals surface area contributed by atoms with E-state index >= 15 is 0 Å². The zero-order chi connectivity index (χ0) is 23.2. The molecular weight excluding hydrogens is 457 g/mol. The molecule has 7 rings (SSSR count). The van der Waals surface area contributed by atoms with Gasteiger partial charge in [0.15, 0.2) is 0 Å². The summed E-state index contributed by atoms with van der Waals surface area (Å²) >= 11 is 3.78. The number of hydrogen-bond acceptors (Lipinski definition) is 4. The number of hydrogen-bond donors (Lipinski definition) is 0. The van der Waals surface area contributed by atoms with Crippen LogP contribution in [0.5, 0.6) is 0 Å². The second kappa shape index (κ2) is 6.95. The van der Waals surface area contributed by atoms with Crippen LogP contribution >= 0.6 is 22.7 Å². The largest absolute Gasteiger partial charge is 0.494 e. The molecule has 0 unspecified atom stereocenters. The quantitative estimate of drug-likeness (QED) is 0.239. The van der Waals surface area contributed by atoms with Crippen LogP contribution in [0.3, 0.4) is 0 Å². The minimum Gasteiger partial charge on any atom is -0.399 e. The Morgan fingerprint density at radius 2 is 1.47 bits per heavy atom. The average molecular weight is 481 g/mol. The SMILES string of the molecule is CC1(C)OB(c2ccc3sc4sc5c6ccccc6n(-c6ccccc6)c5c4c3c2)OC1(C)C. The van der Waals surface area contributed by atoms with Crippen molar-refractivity contribution in [2.24, 2.45) is 0 Å². The Bertz CT molecular complexity index is 1710. The third-order valence-electron chi connectivity index (χ3n) is 7.48. The molecule has 168 valence electrons. The van der Waals surface area contributed by atoms with Gasteiger partial charge in [-0.05, 0) is 57.4 Å². The molecule has 0 bridgehead atoms. The summed E-state index contributed by atoms with van der Waals surface area (Å²) < 4.78 is 19.2. The van der Waals surface area contributed by atoms with E-state index in [1.54, 1.807) is 0 Å². The Kier molecular flexibility index (Phi) is 4.24. The molecule has 1 aliphatic heterocycles. The molecule has 3 aromatic carbocycles. The standard InChI is InChI=1S/C28H24BNO2S2/c1-27(2)28(3,4)32-29(31-27)17-14-15-22-20(16-17)23-24-25(34-26(23)33-22)19-12-8-9-13-21(19)30(24)18-10-6-5-7-11-18/h5-16H,1-4H3. The highest BCUT2D eigenvalue weighted by molar-refractivity contribution is 7.45. The molecule has 0 amide bonds. The summed E-state index contributed by atoms with van der Waals surface area (Å²) in [5.41, 5.74) is 4.10. The normalized spacial score (nSPS) is 17.6. The second-order valence-electron chi connectivity index (χ2n) is 10.1. The molecule has 1 aliphatic rings. The molecule has 1 fully saturated rings. The Hall–Kier alpha value is -2.64. The summed E-state index contributed by atoms with van der Waals surface area (Å²) in [6.45, 7) is 8.42. The smallest absolute Gasteiger partial charge is 0.399 e. The van der Waals surface area contributed by atoms with Crippen molar-refractivity contribution in [3.8, 4) is 5.69 Å². The van der Waals surface area contributed by atoms with Crippen molar-refractivity contribution >= 4 is 75.9 Å². The van der Waals surface area contributed by atoms with E-state index in [-0.39, 0.29) is 18.3 Å². The molecule has 0 spiro atoms. The van der Waals surface area contributed by atoms with Crippen LogP contribution in [0.2, 0.25) is 0 Å². The summed E-state index contributed by atoms with van der Waals surface area (Å²) in [4.78, 5) is 0. The Labute approximate surface area is 206 Å². The number of thiophene rings is 2. The molecule has 6 aromatic rings.